The molecule has 0 radical (unpaired) electrons. The molecular weight excluding hydrogens is 222 g/mol. The van der Waals surface area contributed by atoms with Crippen molar-refractivity contribution < 1.29 is 14.3 Å². The van der Waals surface area contributed by atoms with Crippen LogP contribution in [0.2, 0.25) is 0 Å². The second-order valence-electron chi connectivity index (χ2n) is 2.49. The first-order valence-electron chi connectivity index (χ1n) is 3.35. The van der Waals surface area contributed by atoms with Crippen LogP contribution in [0.4, 0.5) is 4.39 Å². The zero-order valence-corrected chi connectivity index (χ0v) is 8.67. The van der Waals surface area contributed by atoms with Crippen LogP contribution in [-0.2, 0) is 4.79 Å². The van der Waals surface area contributed by atoms with Crippen LogP contribution in [0.3, 0.4) is 0 Å². The van der Waals surface area contributed by atoms with Crippen molar-refractivity contribution in [1.82, 2.24) is 0 Å². The summed E-state index contributed by atoms with van der Waals surface area (Å²) >= 11 is 0. The minimum absolute atomic E-state index is 0. The molecule has 0 spiro atoms. The highest BCUT2D eigenvalue weighted by Gasteiger charge is 2.33. The Labute approximate surface area is 88.7 Å². The number of nitrogens with two attached hydrogens (primary N) is 2. The number of carbonyl (C=O) groups is 1. The molecule has 5 N–H and O–H groups in total. The van der Waals surface area contributed by atoms with Gasteiger partial charge >= 0.3 is 5.97 Å². The van der Waals surface area contributed by atoms with Crippen LogP contribution >= 0.6 is 24.8 Å². The third-order valence-electron chi connectivity index (χ3n) is 1.49. The molecule has 0 amide bonds. The fourth-order valence-electron chi connectivity index (χ4n) is 0.648. The fourth-order valence-corrected chi connectivity index (χ4v) is 0.648. The van der Waals surface area contributed by atoms with Crippen molar-refractivity contribution in [3.05, 3.63) is 0 Å². The maximum atomic E-state index is 12.1. The zero-order chi connectivity index (χ0) is 8.91. The molecular formula is C6H15Cl2FN2O2. The molecule has 0 aliphatic carbocycles. The molecule has 0 bridgehead atoms. The van der Waals surface area contributed by atoms with E-state index in [0.717, 1.165) is 0 Å². The van der Waals surface area contributed by atoms with Gasteiger partial charge in [-0.2, -0.15) is 0 Å². The maximum absolute atomic E-state index is 12.1. The van der Waals surface area contributed by atoms with Gasteiger partial charge in [-0.05, 0) is 19.4 Å². The van der Waals surface area contributed by atoms with Crippen molar-refractivity contribution in [2.75, 3.05) is 13.2 Å². The Morgan fingerprint density at radius 1 is 1.46 bits per heavy atom. The highest BCUT2D eigenvalue weighted by atomic mass is 35.5. The molecule has 13 heavy (non-hydrogen) atoms. The average molecular weight is 237 g/mol. The molecule has 0 saturated heterocycles. The van der Waals surface area contributed by atoms with E-state index in [1.807, 2.05) is 0 Å². The number of halogens is 3. The molecule has 4 nitrogen and oxygen atoms in total. The largest absolute Gasteiger partial charge is 0.480 e. The Morgan fingerprint density at radius 2 is 1.92 bits per heavy atom. The lowest BCUT2D eigenvalue weighted by Crippen LogP contribution is -2.50. The lowest BCUT2D eigenvalue weighted by Gasteiger charge is -2.19. The number of hydrogen-bond acceptors (Lipinski definition) is 3. The van der Waals surface area contributed by atoms with Crippen LogP contribution in [0, 0.1) is 0 Å². The zero-order valence-electron chi connectivity index (χ0n) is 7.03. The first-order valence-corrected chi connectivity index (χ1v) is 3.35. The predicted octanol–water partition coefficient (Wildman–Crippen LogP) is 0.321. The molecule has 0 saturated carbocycles. The van der Waals surface area contributed by atoms with Gasteiger partial charge in [-0.25, -0.2) is 4.39 Å². The fraction of sp³-hybridized carbons (Fsp3) is 0.833. The SMILES string of the molecule is Cl.Cl.NCCC[C@@](N)(CF)C(=O)O. The van der Waals surface area contributed by atoms with E-state index in [1.54, 1.807) is 0 Å². The Hall–Kier alpha value is -0.100. The molecule has 1 atom stereocenters. The molecule has 0 aromatic heterocycles. The van der Waals surface area contributed by atoms with Crippen LogP contribution in [0.25, 0.3) is 0 Å². The molecule has 0 aliphatic rings. The first kappa shape index (κ1) is 18.6. The molecule has 0 aromatic rings. The van der Waals surface area contributed by atoms with Gasteiger partial charge in [-0.15, -0.1) is 24.8 Å². The van der Waals surface area contributed by atoms with Gasteiger partial charge in [-0.1, -0.05) is 0 Å². The van der Waals surface area contributed by atoms with Crippen molar-refractivity contribution in [1.29, 1.82) is 0 Å². The minimum Gasteiger partial charge on any atom is -0.480 e. The van der Waals surface area contributed by atoms with E-state index in [9.17, 15) is 9.18 Å². The van der Waals surface area contributed by atoms with E-state index in [1.165, 1.54) is 0 Å². The summed E-state index contributed by atoms with van der Waals surface area (Å²) in [4.78, 5) is 10.4. The van der Waals surface area contributed by atoms with Crippen molar-refractivity contribution >= 4 is 30.8 Å². The maximum Gasteiger partial charge on any atom is 0.326 e. The number of aliphatic carboxylic acids is 1. The van der Waals surface area contributed by atoms with Crippen molar-refractivity contribution in [3.63, 3.8) is 0 Å². The van der Waals surface area contributed by atoms with Gasteiger partial charge in [0.05, 0.1) is 0 Å². The summed E-state index contributed by atoms with van der Waals surface area (Å²) in [7, 11) is 0. The Balaban J connectivity index is -0.000000500. The van der Waals surface area contributed by atoms with Gasteiger partial charge in [-0.3, -0.25) is 4.79 Å². The van der Waals surface area contributed by atoms with E-state index in [-0.39, 0.29) is 31.2 Å². The standard InChI is InChI=1S/C6H13FN2O2.2ClH/c7-4-6(9,5(10)11)2-1-3-8;;/h1-4,8-9H2,(H,10,11);2*1H/t6-;;/m1../s1. The summed E-state index contributed by atoms with van der Waals surface area (Å²) in [5.74, 6) is -1.31. The van der Waals surface area contributed by atoms with E-state index in [4.69, 9.17) is 16.6 Å². The summed E-state index contributed by atoms with van der Waals surface area (Å²) < 4.78 is 12.1. The highest BCUT2D eigenvalue weighted by molar-refractivity contribution is 5.85. The molecule has 0 rings (SSSR count). The van der Waals surface area contributed by atoms with Gasteiger partial charge in [0.1, 0.15) is 12.2 Å². The normalized spacial score (nSPS) is 13.5. The third kappa shape index (κ3) is 6.04. The van der Waals surface area contributed by atoms with Gasteiger partial charge in [0.25, 0.3) is 0 Å². The van der Waals surface area contributed by atoms with Gasteiger partial charge < -0.3 is 16.6 Å². The van der Waals surface area contributed by atoms with Crippen LogP contribution < -0.4 is 11.5 Å². The molecule has 0 aliphatic heterocycles. The van der Waals surface area contributed by atoms with Crippen molar-refractivity contribution in [2.24, 2.45) is 11.5 Å². The number of alkyl halides is 1. The number of rotatable bonds is 5. The van der Waals surface area contributed by atoms with Gasteiger partial charge in [0.15, 0.2) is 0 Å². The topological polar surface area (TPSA) is 89.3 Å². The number of hydrogen-bond donors (Lipinski definition) is 3. The highest BCUT2D eigenvalue weighted by Crippen LogP contribution is 2.09. The molecule has 0 unspecified atom stereocenters. The molecule has 82 valence electrons. The summed E-state index contributed by atoms with van der Waals surface area (Å²) in [5.41, 5.74) is 8.58. The Bertz CT molecular complexity index is 151. The van der Waals surface area contributed by atoms with Crippen molar-refractivity contribution in [3.8, 4) is 0 Å². The quantitative estimate of drug-likeness (QED) is 0.642. The monoisotopic (exact) mass is 236 g/mol. The predicted molar refractivity (Wildman–Crippen MR) is 53.3 cm³/mol. The summed E-state index contributed by atoms with van der Waals surface area (Å²) in [5, 5.41) is 8.45. The molecule has 0 heterocycles. The smallest absolute Gasteiger partial charge is 0.326 e. The Morgan fingerprint density at radius 3 is 2.15 bits per heavy atom. The van der Waals surface area contributed by atoms with E-state index < -0.39 is 18.2 Å². The average Bonchev–Trinajstić information content (AvgIpc) is 2.00. The second-order valence-corrected chi connectivity index (χ2v) is 2.49. The lowest BCUT2D eigenvalue weighted by atomic mass is 9.97. The van der Waals surface area contributed by atoms with Gasteiger partial charge in [0.2, 0.25) is 0 Å². The summed E-state index contributed by atoms with van der Waals surface area (Å²) in [6.07, 6.45) is 0.502. The summed E-state index contributed by atoms with van der Waals surface area (Å²) in [6, 6.07) is 0. The second kappa shape index (κ2) is 8.50. The minimum atomic E-state index is -1.74. The molecule has 0 aromatic carbocycles. The van der Waals surface area contributed by atoms with Crippen LogP contribution in [0.5, 0.6) is 0 Å². The summed E-state index contributed by atoms with van der Waals surface area (Å²) in [6.45, 7) is -0.728. The molecule has 7 heteroatoms. The van der Waals surface area contributed by atoms with Crippen LogP contribution in [0.15, 0.2) is 0 Å². The van der Waals surface area contributed by atoms with Crippen LogP contribution in [-0.4, -0.2) is 29.8 Å². The van der Waals surface area contributed by atoms with Gasteiger partial charge in [0, 0.05) is 0 Å². The number of carboxylic acid groups (broad SMARTS) is 1. The first-order chi connectivity index (χ1) is 5.06. The lowest BCUT2D eigenvalue weighted by molar-refractivity contribution is -0.144. The number of carboxylic acids is 1. The molecule has 0 fully saturated rings. The van der Waals surface area contributed by atoms with E-state index in [0.29, 0.717) is 13.0 Å². The van der Waals surface area contributed by atoms with Crippen molar-refractivity contribution in [2.45, 2.75) is 18.4 Å². The van der Waals surface area contributed by atoms with E-state index in [2.05, 4.69) is 0 Å². The third-order valence-corrected chi connectivity index (χ3v) is 1.49. The van der Waals surface area contributed by atoms with Crippen LogP contribution in [0.1, 0.15) is 12.8 Å². The van der Waals surface area contributed by atoms with E-state index >= 15 is 0 Å². The Kier molecular flexibility index (Phi) is 12.2.